The highest BCUT2D eigenvalue weighted by Crippen LogP contribution is 2.37. The van der Waals surface area contributed by atoms with Gasteiger partial charge in [-0.2, -0.15) is 13.2 Å². The molecule has 0 radical (unpaired) electrons. The minimum absolute atomic E-state index is 0.00983. The number of carboxylic acids is 1. The number of carboxylic acid groups (broad SMARTS) is 1. The Kier molecular flexibility index (Phi) is 18.5. The van der Waals surface area contributed by atoms with Crippen molar-refractivity contribution in [2.24, 2.45) is 0 Å². The number of aryl methyl sites for hydroxylation is 1. The SMILES string of the molecule is CCCCCCCCCCCCCCCc1ccc(-c2cc(C(CCCC(=O)O)CCOC(C)C(F)(F)F)ccc2-c2ccccc2)cn1. The highest BCUT2D eigenvalue weighted by Gasteiger charge is 2.36. The molecule has 0 amide bonds. The highest BCUT2D eigenvalue weighted by molar-refractivity contribution is 5.83. The molecule has 49 heavy (non-hydrogen) atoms. The van der Waals surface area contributed by atoms with Gasteiger partial charge in [0.15, 0.2) is 6.10 Å². The summed E-state index contributed by atoms with van der Waals surface area (Å²) in [6.07, 6.45) is 15.2. The molecule has 0 saturated carbocycles. The van der Waals surface area contributed by atoms with E-state index in [1.165, 1.54) is 77.0 Å². The van der Waals surface area contributed by atoms with Crippen molar-refractivity contribution in [1.29, 1.82) is 0 Å². The van der Waals surface area contributed by atoms with Crippen molar-refractivity contribution in [1.82, 2.24) is 4.98 Å². The lowest BCUT2D eigenvalue weighted by Gasteiger charge is -2.22. The van der Waals surface area contributed by atoms with Gasteiger partial charge in [-0.05, 0) is 73.3 Å². The molecule has 1 aromatic heterocycles. The molecule has 3 rings (SSSR count). The largest absolute Gasteiger partial charge is 0.481 e. The highest BCUT2D eigenvalue weighted by atomic mass is 19.4. The first-order valence-corrected chi connectivity index (χ1v) is 18.7. The minimum atomic E-state index is -4.42. The first-order valence-electron chi connectivity index (χ1n) is 18.7. The van der Waals surface area contributed by atoms with E-state index in [0.29, 0.717) is 19.3 Å². The van der Waals surface area contributed by atoms with Gasteiger partial charge in [0, 0.05) is 30.5 Å². The van der Waals surface area contributed by atoms with Crippen LogP contribution in [0.5, 0.6) is 0 Å². The molecule has 0 bridgehead atoms. The average molecular weight is 682 g/mol. The molecule has 7 heteroatoms. The molecule has 0 aliphatic rings. The van der Waals surface area contributed by atoms with Crippen molar-refractivity contribution in [2.45, 2.75) is 148 Å². The summed E-state index contributed by atoms with van der Waals surface area (Å²) in [7, 11) is 0. The molecule has 2 aromatic carbocycles. The minimum Gasteiger partial charge on any atom is -0.481 e. The number of alkyl halides is 3. The van der Waals surface area contributed by atoms with Crippen LogP contribution in [0.25, 0.3) is 22.3 Å². The zero-order valence-corrected chi connectivity index (χ0v) is 29.8. The van der Waals surface area contributed by atoms with Gasteiger partial charge in [-0.1, -0.05) is 139 Å². The molecule has 1 N–H and O–H groups in total. The zero-order valence-electron chi connectivity index (χ0n) is 29.8. The lowest BCUT2D eigenvalue weighted by atomic mass is 9.86. The second-order valence-electron chi connectivity index (χ2n) is 13.5. The zero-order chi connectivity index (χ0) is 35.3. The standard InChI is InChI=1S/C42H58F3NO3/c1-3-4-5-6-7-8-9-10-11-12-13-14-18-23-38-27-25-37(32-46-38)40-31-36(26-28-39(40)35-20-16-15-17-21-35)34(22-19-24-41(47)48)29-30-49-33(2)42(43,44)45/h15-17,20-21,25-28,31-34H,3-14,18-19,22-24,29-30H2,1-2H3,(H,47,48). The Bertz CT molecular complexity index is 1330. The summed E-state index contributed by atoms with van der Waals surface area (Å²) < 4.78 is 44.3. The predicted octanol–water partition coefficient (Wildman–Crippen LogP) is 12.7. The van der Waals surface area contributed by atoms with E-state index in [-0.39, 0.29) is 18.9 Å². The van der Waals surface area contributed by atoms with E-state index in [2.05, 4.69) is 43.3 Å². The van der Waals surface area contributed by atoms with Crippen LogP contribution in [0.4, 0.5) is 13.2 Å². The number of hydrogen-bond donors (Lipinski definition) is 1. The van der Waals surface area contributed by atoms with E-state index in [1.54, 1.807) is 0 Å². The van der Waals surface area contributed by atoms with E-state index in [4.69, 9.17) is 9.72 Å². The molecule has 4 nitrogen and oxygen atoms in total. The molecule has 3 aromatic rings. The van der Waals surface area contributed by atoms with Crippen LogP contribution in [0.1, 0.15) is 140 Å². The number of ether oxygens (including phenoxy) is 1. The number of carbonyl (C=O) groups is 1. The average Bonchev–Trinajstić information content (AvgIpc) is 3.09. The third-order valence-electron chi connectivity index (χ3n) is 9.51. The van der Waals surface area contributed by atoms with Gasteiger partial charge in [0.25, 0.3) is 0 Å². The van der Waals surface area contributed by atoms with Crippen LogP contribution in [0.3, 0.4) is 0 Å². The van der Waals surface area contributed by atoms with Crippen molar-refractivity contribution in [3.05, 3.63) is 78.1 Å². The molecule has 0 fully saturated rings. The van der Waals surface area contributed by atoms with Crippen molar-refractivity contribution >= 4 is 5.97 Å². The Balaban J connectivity index is 1.63. The molecule has 2 atom stereocenters. The van der Waals surface area contributed by atoms with Crippen LogP contribution in [0, 0.1) is 0 Å². The maximum atomic E-state index is 13.1. The Morgan fingerprint density at radius 1 is 0.755 bits per heavy atom. The molecule has 0 aliphatic heterocycles. The number of aliphatic carboxylic acids is 1. The van der Waals surface area contributed by atoms with Crippen LogP contribution < -0.4 is 0 Å². The number of nitrogens with zero attached hydrogens (tertiary/aromatic N) is 1. The lowest BCUT2D eigenvalue weighted by Crippen LogP contribution is -2.29. The lowest BCUT2D eigenvalue weighted by molar-refractivity contribution is -0.214. The van der Waals surface area contributed by atoms with Gasteiger partial charge < -0.3 is 9.84 Å². The molecular weight excluding hydrogens is 623 g/mol. The number of rotatable bonds is 25. The Morgan fingerprint density at radius 2 is 1.39 bits per heavy atom. The van der Waals surface area contributed by atoms with Crippen LogP contribution >= 0.6 is 0 Å². The number of pyridine rings is 1. The third-order valence-corrected chi connectivity index (χ3v) is 9.51. The second kappa shape index (κ2) is 22.5. The number of benzene rings is 2. The maximum Gasteiger partial charge on any atom is 0.414 e. The molecule has 0 aliphatic carbocycles. The van der Waals surface area contributed by atoms with E-state index in [0.717, 1.165) is 53.3 Å². The molecule has 0 saturated heterocycles. The van der Waals surface area contributed by atoms with Gasteiger partial charge in [0.2, 0.25) is 0 Å². The summed E-state index contributed by atoms with van der Waals surface area (Å²) in [4.78, 5) is 16.1. The molecule has 270 valence electrons. The molecule has 0 spiro atoms. The maximum absolute atomic E-state index is 13.1. The van der Waals surface area contributed by atoms with Crippen LogP contribution in [0.15, 0.2) is 66.9 Å². The van der Waals surface area contributed by atoms with Gasteiger partial charge >= 0.3 is 12.1 Å². The van der Waals surface area contributed by atoms with Gasteiger partial charge in [0.05, 0.1) is 0 Å². The fourth-order valence-corrected chi connectivity index (χ4v) is 6.44. The van der Waals surface area contributed by atoms with Crippen molar-refractivity contribution in [2.75, 3.05) is 6.61 Å². The first-order chi connectivity index (χ1) is 23.7. The number of hydrogen-bond acceptors (Lipinski definition) is 3. The Hall–Kier alpha value is -3.19. The van der Waals surface area contributed by atoms with Gasteiger partial charge in [-0.3, -0.25) is 9.78 Å². The fourth-order valence-electron chi connectivity index (χ4n) is 6.44. The topological polar surface area (TPSA) is 59.4 Å². The summed E-state index contributed by atoms with van der Waals surface area (Å²) >= 11 is 0. The second-order valence-corrected chi connectivity index (χ2v) is 13.5. The third kappa shape index (κ3) is 15.5. The van der Waals surface area contributed by atoms with E-state index in [1.807, 2.05) is 30.5 Å². The monoisotopic (exact) mass is 681 g/mol. The Labute approximate surface area is 292 Å². The fraction of sp³-hybridized carbons (Fsp3) is 0.571. The summed E-state index contributed by atoms with van der Waals surface area (Å²) in [5, 5.41) is 9.21. The molecular formula is C42H58F3NO3. The van der Waals surface area contributed by atoms with E-state index < -0.39 is 18.2 Å². The van der Waals surface area contributed by atoms with Crippen molar-refractivity contribution < 1.29 is 27.8 Å². The van der Waals surface area contributed by atoms with Gasteiger partial charge in [-0.15, -0.1) is 0 Å². The van der Waals surface area contributed by atoms with Gasteiger partial charge in [-0.25, -0.2) is 0 Å². The molecule has 1 heterocycles. The number of halogens is 3. The van der Waals surface area contributed by atoms with Crippen LogP contribution in [-0.2, 0) is 16.0 Å². The van der Waals surface area contributed by atoms with Crippen LogP contribution in [-0.4, -0.2) is 34.9 Å². The van der Waals surface area contributed by atoms with Crippen molar-refractivity contribution in [3.63, 3.8) is 0 Å². The number of aromatic nitrogens is 1. The first kappa shape index (κ1) is 40.2. The summed E-state index contributed by atoms with van der Waals surface area (Å²) in [6, 6.07) is 20.5. The summed E-state index contributed by atoms with van der Waals surface area (Å²) in [6.45, 7) is 3.21. The smallest absolute Gasteiger partial charge is 0.414 e. The predicted molar refractivity (Wildman–Crippen MR) is 195 cm³/mol. The van der Waals surface area contributed by atoms with E-state index >= 15 is 0 Å². The normalized spacial score (nSPS) is 13.0. The number of unbranched alkanes of at least 4 members (excludes halogenated alkanes) is 12. The Morgan fingerprint density at radius 3 is 1.96 bits per heavy atom. The quantitative estimate of drug-likeness (QED) is 0.0904. The van der Waals surface area contributed by atoms with Gasteiger partial charge in [0.1, 0.15) is 0 Å². The summed E-state index contributed by atoms with van der Waals surface area (Å²) in [5.41, 5.74) is 6.11. The molecule has 2 unspecified atom stereocenters. The van der Waals surface area contributed by atoms with Crippen LogP contribution in [0.2, 0.25) is 0 Å². The summed E-state index contributed by atoms with van der Waals surface area (Å²) in [5.74, 6) is -1.03. The van der Waals surface area contributed by atoms with E-state index in [9.17, 15) is 23.1 Å². The van der Waals surface area contributed by atoms with Crippen molar-refractivity contribution in [3.8, 4) is 22.3 Å².